The molecule has 1 N–H and O–H groups in total. The fourth-order valence-corrected chi connectivity index (χ4v) is 3.63. The van der Waals surface area contributed by atoms with Crippen LogP contribution >= 0.6 is 0 Å². The van der Waals surface area contributed by atoms with Crippen molar-refractivity contribution in [3.63, 3.8) is 0 Å². The lowest BCUT2D eigenvalue weighted by molar-refractivity contribution is 0.0337. The highest BCUT2D eigenvalue weighted by Gasteiger charge is 2.40. The van der Waals surface area contributed by atoms with Crippen LogP contribution < -0.4 is 0 Å². The van der Waals surface area contributed by atoms with E-state index in [1.807, 2.05) is 0 Å². The quantitative estimate of drug-likeness (QED) is 0.726. The van der Waals surface area contributed by atoms with Gasteiger partial charge in [-0.3, -0.25) is 4.90 Å². The minimum atomic E-state index is 0.0754. The summed E-state index contributed by atoms with van der Waals surface area (Å²) in [7, 11) is 0. The van der Waals surface area contributed by atoms with E-state index in [4.69, 9.17) is 19.3 Å². The molecule has 3 aliphatic rings. The first-order chi connectivity index (χ1) is 11.7. The van der Waals surface area contributed by atoms with E-state index in [9.17, 15) is 0 Å². The molecule has 5 heteroatoms. The van der Waals surface area contributed by atoms with Gasteiger partial charge in [0.15, 0.2) is 5.76 Å². The van der Waals surface area contributed by atoms with Crippen molar-refractivity contribution in [3.05, 3.63) is 48.3 Å². The van der Waals surface area contributed by atoms with Gasteiger partial charge in [-0.2, -0.15) is 0 Å². The van der Waals surface area contributed by atoms with E-state index in [0.717, 1.165) is 38.1 Å². The lowest BCUT2D eigenvalue weighted by atomic mass is 9.90. The lowest BCUT2D eigenvalue weighted by Crippen LogP contribution is -2.39. The van der Waals surface area contributed by atoms with Crippen LogP contribution in [0.3, 0.4) is 0 Å². The van der Waals surface area contributed by atoms with E-state index < -0.39 is 0 Å². The third-order valence-electron chi connectivity index (χ3n) is 4.83. The number of ether oxygens (including phenoxy) is 3. The van der Waals surface area contributed by atoms with Gasteiger partial charge >= 0.3 is 0 Å². The van der Waals surface area contributed by atoms with Crippen LogP contribution in [0.15, 0.2) is 48.3 Å². The van der Waals surface area contributed by atoms with Crippen molar-refractivity contribution in [2.24, 2.45) is 5.41 Å². The second-order valence-corrected chi connectivity index (χ2v) is 6.96. The van der Waals surface area contributed by atoms with E-state index in [0.29, 0.717) is 13.2 Å². The van der Waals surface area contributed by atoms with Crippen LogP contribution in [0.5, 0.6) is 0 Å². The van der Waals surface area contributed by atoms with Gasteiger partial charge in [-0.25, -0.2) is 0 Å². The van der Waals surface area contributed by atoms with Crippen LogP contribution in [0.4, 0.5) is 0 Å². The molecule has 5 nitrogen and oxygen atoms in total. The van der Waals surface area contributed by atoms with Crippen molar-refractivity contribution in [2.45, 2.75) is 32.2 Å². The molecule has 0 spiro atoms. The van der Waals surface area contributed by atoms with Gasteiger partial charge in [-0.1, -0.05) is 25.2 Å². The molecule has 0 aromatic rings. The SMILES string of the molecule is CC1(COCCO)CCN(C(C2=CC=CCC2)C2=COC=CO2)C1. The monoisotopic (exact) mass is 333 g/mol. The summed E-state index contributed by atoms with van der Waals surface area (Å²) in [6.45, 7) is 5.34. The number of aliphatic hydroxyl groups excluding tert-OH is 1. The van der Waals surface area contributed by atoms with Crippen molar-refractivity contribution >= 4 is 0 Å². The van der Waals surface area contributed by atoms with Gasteiger partial charge in [0.1, 0.15) is 18.8 Å². The zero-order chi connectivity index (χ0) is 16.8. The van der Waals surface area contributed by atoms with Gasteiger partial charge in [0.25, 0.3) is 0 Å². The molecule has 132 valence electrons. The molecule has 24 heavy (non-hydrogen) atoms. The highest BCUT2D eigenvalue weighted by molar-refractivity contribution is 5.30. The summed E-state index contributed by atoms with van der Waals surface area (Å²) in [6, 6.07) is 0.111. The van der Waals surface area contributed by atoms with Gasteiger partial charge in [0.05, 0.1) is 25.9 Å². The molecule has 1 fully saturated rings. The van der Waals surface area contributed by atoms with Crippen molar-refractivity contribution in [2.75, 3.05) is 32.9 Å². The maximum atomic E-state index is 8.91. The van der Waals surface area contributed by atoms with E-state index in [1.165, 1.54) is 5.57 Å². The first kappa shape index (κ1) is 17.3. The normalized spacial score (nSPS) is 28.1. The minimum absolute atomic E-state index is 0.0754. The Kier molecular flexibility index (Phi) is 5.76. The number of aliphatic hydroxyl groups is 1. The van der Waals surface area contributed by atoms with Crippen molar-refractivity contribution < 1.29 is 19.3 Å². The van der Waals surface area contributed by atoms with Crippen molar-refractivity contribution in [1.82, 2.24) is 4.90 Å². The standard InChI is InChI=1S/C19H27NO4/c1-19(15-23-10-9-21)7-8-20(14-19)18(16-5-3-2-4-6-16)17-13-22-11-12-24-17/h2-3,5,11-13,18,21H,4,6-10,14-15H2,1H3. The summed E-state index contributed by atoms with van der Waals surface area (Å²) in [5.41, 5.74) is 1.47. The first-order valence-electron chi connectivity index (χ1n) is 8.67. The number of hydrogen-bond acceptors (Lipinski definition) is 5. The maximum absolute atomic E-state index is 8.91. The molecule has 2 atom stereocenters. The summed E-state index contributed by atoms with van der Waals surface area (Å²) < 4.78 is 16.7. The van der Waals surface area contributed by atoms with Crippen LogP contribution in [0.25, 0.3) is 0 Å². The molecule has 2 unspecified atom stereocenters. The fraction of sp³-hybridized carbons (Fsp3) is 0.579. The lowest BCUT2D eigenvalue weighted by Gasteiger charge is -2.33. The molecule has 0 saturated carbocycles. The van der Waals surface area contributed by atoms with Crippen molar-refractivity contribution in [3.8, 4) is 0 Å². The second-order valence-electron chi connectivity index (χ2n) is 6.96. The maximum Gasteiger partial charge on any atom is 0.160 e. The van der Waals surface area contributed by atoms with Gasteiger partial charge in [0.2, 0.25) is 0 Å². The minimum Gasteiger partial charge on any atom is -0.466 e. The highest BCUT2D eigenvalue weighted by Crippen LogP contribution is 2.36. The third kappa shape index (κ3) is 4.09. The number of likely N-dealkylation sites (tertiary alicyclic amines) is 1. The average Bonchev–Trinajstić information content (AvgIpc) is 2.99. The smallest absolute Gasteiger partial charge is 0.160 e. The Hall–Kier alpha value is -1.56. The zero-order valence-corrected chi connectivity index (χ0v) is 14.3. The third-order valence-corrected chi connectivity index (χ3v) is 4.83. The highest BCUT2D eigenvalue weighted by atomic mass is 16.5. The largest absolute Gasteiger partial charge is 0.466 e. The summed E-state index contributed by atoms with van der Waals surface area (Å²) in [4.78, 5) is 2.46. The van der Waals surface area contributed by atoms with E-state index in [1.54, 1.807) is 18.8 Å². The Balaban J connectivity index is 1.73. The summed E-state index contributed by atoms with van der Waals surface area (Å²) in [5, 5.41) is 8.91. The van der Waals surface area contributed by atoms with Crippen LogP contribution in [0.1, 0.15) is 26.2 Å². The topological polar surface area (TPSA) is 51.2 Å². The molecule has 0 radical (unpaired) electrons. The predicted octanol–water partition coefficient (Wildman–Crippen LogP) is 2.71. The van der Waals surface area contributed by atoms with Gasteiger partial charge in [0, 0.05) is 12.0 Å². The molecule has 0 aromatic carbocycles. The molecule has 1 aliphatic carbocycles. The van der Waals surface area contributed by atoms with E-state index in [2.05, 4.69) is 30.1 Å². The van der Waals surface area contributed by atoms with Gasteiger partial charge < -0.3 is 19.3 Å². The molecule has 1 saturated heterocycles. The molecule has 0 bridgehead atoms. The van der Waals surface area contributed by atoms with Gasteiger partial charge in [-0.15, -0.1) is 0 Å². The summed E-state index contributed by atoms with van der Waals surface area (Å²) in [6.07, 6.45) is 14.6. The van der Waals surface area contributed by atoms with Crippen LogP contribution in [-0.4, -0.2) is 49.0 Å². The fourth-order valence-electron chi connectivity index (χ4n) is 3.63. The van der Waals surface area contributed by atoms with E-state index in [-0.39, 0.29) is 18.1 Å². The van der Waals surface area contributed by atoms with Crippen molar-refractivity contribution in [1.29, 1.82) is 0 Å². The number of nitrogens with zero attached hydrogens (tertiary/aromatic N) is 1. The molecular weight excluding hydrogens is 306 g/mol. The Morgan fingerprint density at radius 2 is 2.33 bits per heavy atom. The van der Waals surface area contributed by atoms with Crippen LogP contribution in [-0.2, 0) is 14.2 Å². The number of rotatable bonds is 7. The summed E-state index contributed by atoms with van der Waals surface area (Å²) >= 11 is 0. The molecule has 0 aromatic heterocycles. The average molecular weight is 333 g/mol. The molecular formula is C19H27NO4. The first-order valence-corrected chi connectivity index (χ1v) is 8.67. The molecule has 3 rings (SSSR count). The zero-order valence-electron chi connectivity index (χ0n) is 14.3. The Labute approximate surface area is 143 Å². The van der Waals surface area contributed by atoms with Crippen LogP contribution in [0.2, 0.25) is 0 Å². The Morgan fingerprint density at radius 3 is 3.04 bits per heavy atom. The van der Waals surface area contributed by atoms with Gasteiger partial charge in [-0.05, 0) is 31.4 Å². The second kappa shape index (κ2) is 8.01. The number of allylic oxidation sites excluding steroid dienone is 3. The van der Waals surface area contributed by atoms with Crippen LogP contribution in [0, 0.1) is 5.41 Å². The molecule has 2 aliphatic heterocycles. The Morgan fingerprint density at radius 1 is 1.42 bits per heavy atom. The number of hydrogen-bond donors (Lipinski definition) is 1. The predicted molar refractivity (Wildman–Crippen MR) is 91.8 cm³/mol. The van der Waals surface area contributed by atoms with E-state index >= 15 is 0 Å². The summed E-state index contributed by atoms with van der Waals surface area (Å²) in [5.74, 6) is 0.847. The molecule has 2 heterocycles. The molecule has 0 amide bonds. The Bertz CT molecular complexity index is 552.